The zero-order valence-electron chi connectivity index (χ0n) is 10.9. The van der Waals surface area contributed by atoms with Crippen LogP contribution in [0.1, 0.15) is 51.9 Å². The zero-order valence-corrected chi connectivity index (χ0v) is 10.9. The lowest BCUT2D eigenvalue weighted by Crippen LogP contribution is -2.39. The molecule has 0 unspecified atom stereocenters. The van der Waals surface area contributed by atoms with E-state index in [-0.39, 0.29) is 17.9 Å². The van der Waals surface area contributed by atoms with Crippen molar-refractivity contribution in [2.45, 2.75) is 57.9 Å². The third-order valence-electron chi connectivity index (χ3n) is 4.18. The molecule has 0 saturated heterocycles. The Labute approximate surface area is 107 Å². The smallest absolute Gasteiger partial charge is 0.306 e. The SMILES string of the molecule is CC1=C(C(=O)NC2CCC(C(=O)O)CC2)CCC1. The van der Waals surface area contributed by atoms with Crippen molar-refractivity contribution in [3.63, 3.8) is 0 Å². The van der Waals surface area contributed by atoms with Gasteiger partial charge in [0, 0.05) is 11.6 Å². The minimum absolute atomic E-state index is 0.0729. The van der Waals surface area contributed by atoms with Gasteiger partial charge < -0.3 is 10.4 Å². The molecule has 0 aromatic carbocycles. The molecule has 0 aromatic rings. The van der Waals surface area contributed by atoms with E-state index >= 15 is 0 Å². The van der Waals surface area contributed by atoms with E-state index in [2.05, 4.69) is 5.32 Å². The summed E-state index contributed by atoms with van der Waals surface area (Å²) >= 11 is 0. The fourth-order valence-corrected chi connectivity index (χ4v) is 2.96. The highest BCUT2D eigenvalue weighted by molar-refractivity contribution is 5.94. The normalized spacial score (nSPS) is 28.3. The molecular weight excluding hydrogens is 230 g/mol. The monoisotopic (exact) mass is 251 g/mol. The third kappa shape index (κ3) is 2.92. The van der Waals surface area contributed by atoms with Crippen LogP contribution in [0.3, 0.4) is 0 Å². The molecule has 0 bridgehead atoms. The summed E-state index contributed by atoms with van der Waals surface area (Å²) in [6.45, 7) is 2.03. The van der Waals surface area contributed by atoms with E-state index in [4.69, 9.17) is 5.11 Å². The van der Waals surface area contributed by atoms with Crippen LogP contribution in [-0.2, 0) is 9.59 Å². The van der Waals surface area contributed by atoms with Crippen LogP contribution in [-0.4, -0.2) is 23.0 Å². The van der Waals surface area contributed by atoms with Crippen molar-refractivity contribution in [1.82, 2.24) is 5.32 Å². The van der Waals surface area contributed by atoms with Gasteiger partial charge in [0.25, 0.3) is 0 Å². The van der Waals surface area contributed by atoms with Crippen LogP contribution in [0.2, 0.25) is 0 Å². The Balaban J connectivity index is 1.83. The number of hydrogen-bond acceptors (Lipinski definition) is 2. The van der Waals surface area contributed by atoms with Crippen molar-refractivity contribution >= 4 is 11.9 Å². The van der Waals surface area contributed by atoms with Crippen molar-refractivity contribution < 1.29 is 14.7 Å². The highest BCUT2D eigenvalue weighted by Gasteiger charge is 2.28. The lowest BCUT2D eigenvalue weighted by Gasteiger charge is -2.27. The number of aliphatic carboxylic acids is 1. The van der Waals surface area contributed by atoms with Gasteiger partial charge >= 0.3 is 5.97 Å². The molecule has 0 atom stereocenters. The van der Waals surface area contributed by atoms with Crippen molar-refractivity contribution in [3.05, 3.63) is 11.1 Å². The molecule has 0 heterocycles. The van der Waals surface area contributed by atoms with E-state index in [9.17, 15) is 9.59 Å². The Morgan fingerprint density at radius 3 is 2.33 bits per heavy atom. The first-order valence-electron chi connectivity index (χ1n) is 6.80. The topological polar surface area (TPSA) is 66.4 Å². The number of allylic oxidation sites excluding steroid dienone is 1. The van der Waals surface area contributed by atoms with Gasteiger partial charge in [0.05, 0.1) is 5.92 Å². The van der Waals surface area contributed by atoms with Gasteiger partial charge in [0.15, 0.2) is 0 Å². The van der Waals surface area contributed by atoms with Crippen LogP contribution in [0.5, 0.6) is 0 Å². The number of carboxylic acids is 1. The van der Waals surface area contributed by atoms with Gasteiger partial charge in [0.1, 0.15) is 0 Å². The van der Waals surface area contributed by atoms with Gasteiger partial charge in [-0.1, -0.05) is 5.57 Å². The van der Waals surface area contributed by atoms with Crippen LogP contribution in [0.15, 0.2) is 11.1 Å². The maximum Gasteiger partial charge on any atom is 0.306 e. The van der Waals surface area contributed by atoms with Crippen LogP contribution >= 0.6 is 0 Å². The summed E-state index contributed by atoms with van der Waals surface area (Å²) in [6, 6.07) is 0.161. The highest BCUT2D eigenvalue weighted by Crippen LogP contribution is 2.27. The van der Waals surface area contributed by atoms with Gasteiger partial charge in [-0.3, -0.25) is 9.59 Å². The quantitative estimate of drug-likeness (QED) is 0.808. The maximum atomic E-state index is 12.1. The van der Waals surface area contributed by atoms with Gasteiger partial charge in [-0.25, -0.2) is 0 Å². The lowest BCUT2D eigenvalue weighted by molar-refractivity contribution is -0.142. The van der Waals surface area contributed by atoms with Crippen molar-refractivity contribution in [2.24, 2.45) is 5.92 Å². The molecule has 0 radical (unpaired) electrons. The van der Waals surface area contributed by atoms with E-state index in [1.54, 1.807) is 0 Å². The van der Waals surface area contributed by atoms with E-state index in [0.717, 1.165) is 37.7 Å². The Morgan fingerprint density at radius 2 is 1.83 bits per heavy atom. The van der Waals surface area contributed by atoms with Gasteiger partial charge in [0.2, 0.25) is 5.91 Å². The Bertz CT molecular complexity index is 379. The first-order valence-corrected chi connectivity index (χ1v) is 6.80. The standard InChI is InChI=1S/C14H21NO3/c1-9-3-2-4-12(9)13(16)15-11-7-5-10(6-8-11)14(17)18/h10-11H,2-8H2,1H3,(H,15,16)(H,17,18). The van der Waals surface area contributed by atoms with Crippen LogP contribution in [0.25, 0.3) is 0 Å². The molecule has 18 heavy (non-hydrogen) atoms. The maximum absolute atomic E-state index is 12.1. The summed E-state index contributed by atoms with van der Waals surface area (Å²) in [4.78, 5) is 22.9. The van der Waals surface area contributed by atoms with Crippen molar-refractivity contribution in [2.75, 3.05) is 0 Å². The largest absolute Gasteiger partial charge is 0.481 e. The van der Waals surface area contributed by atoms with E-state index in [1.165, 1.54) is 5.57 Å². The Kier molecular flexibility index (Phi) is 4.04. The van der Waals surface area contributed by atoms with Gasteiger partial charge in [-0.15, -0.1) is 0 Å². The number of carbonyl (C=O) groups is 2. The number of rotatable bonds is 3. The van der Waals surface area contributed by atoms with E-state index in [1.807, 2.05) is 6.92 Å². The number of carbonyl (C=O) groups excluding carboxylic acids is 1. The molecule has 2 aliphatic rings. The first-order chi connectivity index (χ1) is 8.58. The Morgan fingerprint density at radius 1 is 1.17 bits per heavy atom. The summed E-state index contributed by atoms with van der Waals surface area (Å²) in [5.41, 5.74) is 2.17. The molecule has 2 aliphatic carbocycles. The number of nitrogens with one attached hydrogen (secondary N) is 1. The molecule has 1 fully saturated rings. The molecule has 2 rings (SSSR count). The lowest BCUT2D eigenvalue weighted by atomic mass is 9.86. The molecule has 0 spiro atoms. The molecule has 2 N–H and O–H groups in total. The second-order valence-electron chi connectivity index (χ2n) is 5.47. The first kappa shape index (κ1) is 13.1. The van der Waals surface area contributed by atoms with Gasteiger partial charge in [-0.2, -0.15) is 0 Å². The summed E-state index contributed by atoms with van der Waals surface area (Å²) in [5.74, 6) is -0.844. The van der Waals surface area contributed by atoms with E-state index < -0.39 is 5.97 Å². The van der Waals surface area contributed by atoms with Crippen LogP contribution in [0, 0.1) is 5.92 Å². The Hall–Kier alpha value is -1.32. The average Bonchev–Trinajstić information content (AvgIpc) is 2.76. The third-order valence-corrected chi connectivity index (χ3v) is 4.18. The summed E-state index contributed by atoms with van der Waals surface area (Å²) in [5, 5.41) is 12.0. The fourth-order valence-electron chi connectivity index (χ4n) is 2.96. The summed E-state index contributed by atoms with van der Waals surface area (Å²) < 4.78 is 0. The molecule has 0 aromatic heterocycles. The van der Waals surface area contributed by atoms with Crippen LogP contribution < -0.4 is 5.32 Å². The molecule has 1 saturated carbocycles. The highest BCUT2D eigenvalue weighted by atomic mass is 16.4. The minimum atomic E-state index is -0.700. The molecule has 1 amide bonds. The minimum Gasteiger partial charge on any atom is -0.481 e. The van der Waals surface area contributed by atoms with Gasteiger partial charge in [-0.05, 0) is 51.9 Å². The molecular formula is C14H21NO3. The molecule has 0 aliphatic heterocycles. The second-order valence-corrected chi connectivity index (χ2v) is 5.47. The predicted octanol–water partition coefficient (Wildman–Crippen LogP) is 2.25. The zero-order chi connectivity index (χ0) is 13.1. The number of amides is 1. The van der Waals surface area contributed by atoms with E-state index in [0.29, 0.717) is 12.8 Å². The fraction of sp³-hybridized carbons (Fsp3) is 0.714. The number of carboxylic acid groups (broad SMARTS) is 1. The van der Waals surface area contributed by atoms with Crippen molar-refractivity contribution in [3.8, 4) is 0 Å². The molecule has 4 nitrogen and oxygen atoms in total. The molecule has 100 valence electrons. The molecule has 4 heteroatoms. The average molecular weight is 251 g/mol. The number of hydrogen-bond donors (Lipinski definition) is 2. The second kappa shape index (κ2) is 5.55. The summed E-state index contributed by atoms with van der Waals surface area (Å²) in [6.07, 6.45) is 5.94. The van der Waals surface area contributed by atoms with Crippen LogP contribution in [0.4, 0.5) is 0 Å². The van der Waals surface area contributed by atoms with Crippen molar-refractivity contribution in [1.29, 1.82) is 0 Å². The predicted molar refractivity (Wildman–Crippen MR) is 68.1 cm³/mol. The summed E-state index contributed by atoms with van der Waals surface area (Å²) in [7, 11) is 0.